The first-order valence-electron chi connectivity index (χ1n) is 12.9. The highest BCUT2D eigenvalue weighted by Gasteiger charge is 2.21. The zero-order chi connectivity index (χ0) is 26.3. The molecule has 5 aromatic rings. The van der Waals surface area contributed by atoms with Gasteiger partial charge in [0, 0.05) is 60.0 Å². The third-order valence-electron chi connectivity index (χ3n) is 7.60. The molecule has 7 nitrogen and oxygen atoms in total. The van der Waals surface area contributed by atoms with Gasteiger partial charge in [-0.05, 0) is 49.7 Å². The van der Waals surface area contributed by atoms with Gasteiger partial charge in [0.2, 0.25) is 0 Å². The molecule has 1 aliphatic heterocycles. The summed E-state index contributed by atoms with van der Waals surface area (Å²) in [4.78, 5) is 9.53. The van der Waals surface area contributed by atoms with Crippen LogP contribution in [0.2, 0.25) is 0 Å². The molecule has 1 N–H and O–H groups in total. The predicted octanol–water partition coefficient (Wildman–Crippen LogP) is 5.91. The summed E-state index contributed by atoms with van der Waals surface area (Å²) in [6, 6.07) is 25.3. The lowest BCUT2D eigenvalue weighted by molar-refractivity contribution is 0.414. The van der Waals surface area contributed by atoms with E-state index < -0.39 is 5.41 Å². The number of benzene rings is 3. The van der Waals surface area contributed by atoms with Gasteiger partial charge in [0.15, 0.2) is 0 Å². The Morgan fingerprint density at radius 3 is 2.32 bits per heavy atom. The van der Waals surface area contributed by atoms with Crippen molar-refractivity contribution < 1.29 is 4.74 Å². The van der Waals surface area contributed by atoms with Gasteiger partial charge in [-0.3, -0.25) is 10.1 Å². The summed E-state index contributed by atoms with van der Waals surface area (Å²) in [5.41, 5.74) is 6.61. The Hall–Kier alpha value is -4.57. The number of hydrogen-bond donors (Lipinski definition) is 1. The molecule has 1 fully saturated rings. The van der Waals surface area contributed by atoms with Gasteiger partial charge >= 0.3 is 0 Å². The number of H-pyrrole nitrogens is 1. The lowest BCUT2D eigenvalue weighted by Gasteiger charge is -2.37. The lowest BCUT2D eigenvalue weighted by Crippen LogP contribution is -2.46. The fourth-order valence-corrected chi connectivity index (χ4v) is 5.24. The summed E-state index contributed by atoms with van der Waals surface area (Å²) in [6.07, 6.45) is 1.86. The van der Waals surface area contributed by atoms with Crippen molar-refractivity contribution in [1.29, 1.82) is 5.26 Å². The lowest BCUT2D eigenvalue weighted by atomic mass is 9.86. The maximum atomic E-state index is 9.50. The van der Waals surface area contributed by atoms with Crippen LogP contribution in [0.3, 0.4) is 0 Å². The van der Waals surface area contributed by atoms with Gasteiger partial charge in [-0.2, -0.15) is 10.4 Å². The number of methoxy groups -OCH3 is 1. The standard InChI is InChI=1S/C31H30N6O/c1-31(2,20-32)22-9-7-21(8-10-22)30-29-26-18-24(11-12-27(26)33-19-28(29)34-35-30)37-15-13-36(14-16-37)23-5-4-6-25(17-23)38-3/h4-12,17-19H,13-16H2,1-3H3,(H,34,35). The number of nitrogens with one attached hydrogen (secondary N) is 1. The van der Waals surface area contributed by atoms with Crippen molar-refractivity contribution in [2.24, 2.45) is 0 Å². The number of anilines is 2. The summed E-state index contributed by atoms with van der Waals surface area (Å²) in [5.74, 6) is 0.885. The average molecular weight is 503 g/mol. The van der Waals surface area contributed by atoms with Gasteiger partial charge in [0.1, 0.15) is 11.4 Å². The fraction of sp³-hybridized carbons (Fsp3) is 0.258. The van der Waals surface area contributed by atoms with Crippen molar-refractivity contribution in [2.45, 2.75) is 19.3 Å². The normalized spacial score (nSPS) is 14.2. The number of aromatic nitrogens is 3. The Bertz CT molecular complexity index is 1660. The molecular formula is C31H30N6O. The minimum Gasteiger partial charge on any atom is -0.497 e. The van der Waals surface area contributed by atoms with Crippen LogP contribution in [0.15, 0.2) is 72.9 Å². The number of aromatic amines is 1. The van der Waals surface area contributed by atoms with E-state index in [0.717, 1.165) is 70.6 Å². The van der Waals surface area contributed by atoms with E-state index in [9.17, 15) is 5.26 Å². The molecule has 1 aliphatic rings. The van der Waals surface area contributed by atoms with E-state index in [1.165, 1.54) is 11.4 Å². The number of hydrogen-bond acceptors (Lipinski definition) is 6. The van der Waals surface area contributed by atoms with E-state index >= 15 is 0 Å². The molecule has 6 rings (SSSR count). The zero-order valence-corrected chi connectivity index (χ0v) is 21.9. The van der Waals surface area contributed by atoms with Gasteiger partial charge in [0.25, 0.3) is 0 Å². The van der Waals surface area contributed by atoms with Gasteiger partial charge < -0.3 is 14.5 Å². The molecule has 2 aromatic heterocycles. The van der Waals surface area contributed by atoms with Crippen LogP contribution < -0.4 is 14.5 Å². The van der Waals surface area contributed by atoms with E-state index in [0.29, 0.717) is 0 Å². The summed E-state index contributed by atoms with van der Waals surface area (Å²) >= 11 is 0. The highest BCUT2D eigenvalue weighted by Crippen LogP contribution is 2.35. The van der Waals surface area contributed by atoms with Crippen molar-refractivity contribution in [3.63, 3.8) is 0 Å². The number of pyridine rings is 1. The van der Waals surface area contributed by atoms with E-state index in [1.54, 1.807) is 7.11 Å². The van der Waals surface area contributed by atoms with E-state index in [4.69, 9.17) is 4.74 Å². The maximum Gasteiger partial charge on any atom is 0.120 e. The second kappa shape index (κ2) is 9.38. The molecule has 0 aliphatic carbocycles. The van der Waals surface area contributed by atoms with Crippen LogP contribution in [-0.2, 0) is 5.41 Å². The van der Waals surface area contributed by atoms with Crippen LogP contribution in [-0.4, -0.2) is 48.5 Å². The number of piperazine rings is 1. The van der Waals surface area contributed by atoms with Crippen molar-refractivity contribution in [1.82, 2.24) is 15.2 Å². The highest BCUT2D eigenvalue weighted by atomic mass is 16.5. The number of fused-ring (bicyclic) bond motifs is 3. The smallest absolute Gasteiger partial charge is 0.120 e. The molecule has 0 radical (unpaired) electrons. The minimum absolute atomic E-state index is 0.533. The monoisotopic (exact) mass is 502 g/mol. The van der Waals surface area contributed by atoms with Gasteiger partial charge in [-0.25, -0.2) is 0 Å². The van der Waals surface area contributed by atoms with Crippen molar-refractivity contribution in [3.05, 3.63) is 78.5 Å². The molecule has 7 heteroatoms. The Morgan fingerprint density at radius 2 is 1.63 bits per heavy atom. The molecular weight excluding hydrogens is 472 g/mol. The first-order valence-corrected chi connectivity index (χ1v) is 12.9. The second-order valence-corrected chi connectivity index (χ2v) is 10.3. The Labute approximate surface area is 222 Å². The molecule has 190 valence electrons. The van der Waals surface area contributed by atoms with Gasteiger partial charge in [-0.1, -0.05) is 30.3 Å². The number of nitriles is 1. The Kier molecular flexibility index (Phi) is 5.88. The third-order valence-corrected chi connectivity index (χ3v) is 7.60. The van der Waals surface area contributed by atoms with Crippen molar-refractivity contribution >= 4 is 33.2 Å². The van der Waals surface area contributed by atoms with Crippen molar-refractivity contribution in [2.75, 3.05) is 43.1 Å². The summed E-state index contributed by atoms with van der Waals surface area (Å²) in [5, 5.41) is 19.5. The van der Waals surface area contributed by atoms with Crippen LogP contribution in [0, 0.1) is 11.3 Å². The van der Waals surface area contributed by atoms with Crippen molar-refractivity contribution in [3.8, 4) is 23.1 Å². The largest absolute Gasteiger partial charge is 0.497 e. The molecule has 0 saturated carbocycles. The number of nitrogens with zero attached hydrogens (tertiary/aromatic N) is 5. The summed E-state index contributed by atoms with van der Waals surface area (Å²) in [6.45, 7) is 7.61. The van der Waals surface area contributed by atoms with Crippen LogP contribution in [0.4, 0.5) is 11.4 Å². The van der Waals surface area contributed by atoms with Gasteiger partial charge in [0.05, 0.1) is 35.8 Å². The molecule has 0 unspecified atom stereocenters. The first kappa shape index (κ1) is 23.8. The maximum absolute atomic E-state index is 9.50. The number of ether oxygens (including phenoxy) is 1. The van der Waals surface area contributed by atoms with E-state index in [1.807, 2.05) is 44.3 Å². The molecule has 3 heterocycles. The van der Waals surface area contributed by atoms with Crippen LogP contribution in [0.1, 0.15) is 19.4 Å². The van der Waals surface area contributed by atoms with E-state index in [-0.39, 0.29) is 0 Å². The van der Waals surface area contributed by atoms with Crippen LogP contribution in [0.5, 0.6) is 5.75 Å². The Balaban J connectivity index is 1.31. The van der Waals surface area contributed by atoms with Crippen LogP contribution >= 0.6 is 0 Å². The first-order chi connectivity index (χ1) is 18.5. The molecule has 1 saturated heterocycles. The molecule has 0 bridgehead atoms. The highest BCUT2D eigenvalue weighted by molar-refractivity contribution is 6.11. The SMILES string of the molecule is COc1cccc(N2CCN(c3ccc4ncc5[nH]nc(-c6ccc(C(C)(C)C#N)cc6)c5c4c3)CC2)c1. The minimum atomic E-state index is -0.533. The number of rotatable bonds is 5. The van der Waals surface area contributed by atoms with Gasteiger partial charge in [-0.15, -0.1) is 0 Å². The third kappa shape index (κ3) is 4.18. The molecule has 0 spiro atoms. The molecule has 0 atom stereocenters. The average Bonchev–Trinajstić information content (AvgIpc) is 3.42. The van der Waals surface area contributed by atoms with E-state index in [2.05, 4.69) is 73.5 Å². The van der Waals surface area contributed by atoms with Crippen LogP contribution in [0.25, 0.3) is 33.1 Å². The molecule has 0 amide bonds. The quantitative estimate of drug-likeness (QED) is 0.322. The molecule has 38 heavy (non-hydrogen) atoms. The predicted molar refractivity (Wildman–Crippen MR) is 153 cm³/mol. The fourth-order valence-electron chi connectivity index (χ4n) is 5.24. The summed E-state index contributed by atoms with van der Waals surface area (Å²) < 4.78 is 5.41. The topological polar surface area (TPSA) is 81.1 Å². The zero-order valence-electron chi connectivity index (χ0n) is 21.9. The summed E-state index contributed by atoms with van der Waals surface area (Å²) in [7, 11) is 1.71. The molecule has 3 aromatic carbocycles. The Morgan fingerprint density at radius 1 is 0.921 bits per heavy atom. The second-order valence-electron chi connectivity index (χ2n) is 10.3.